The van der Waals surface area contributed by atoms with E-state index in [2.05, 4.69) is 10.0 Å². The lowest BCUT2D eigenvalue weighted by Gasteiger charge is -2.25. The molecule has 0 saturated carbocycles. The quantitative estimate of drug-likeness (QED) is 0.525. The predicted molar refractivity (Wildman–Crippen MR) is 131 cm³/mol. The summed E-state index contributed by atoms with van der Waals surface area (Å²) < 4.78 is 38.7. The van der Waals surface area contributed by atoms with Crippen LogP contribution in [0.4, 0.5) is 5.69 Å². The van der Waals surface area contributed by atoms with E-state index >= 15 is 0 Å². The molecule has 0 heterocycles. The maximum Gasteiger partial charge on any atom is 0.325 e. The first-order valence-corrected chi connectivity index (χ1v) is 12.5. The topological polar surface area (TPSA) is 128 Å². The molecule has 0 aliphatic carbocycles. The van der Waals surface area contributed by atoms with Crippen molar-refractivity contribution in [1.29, 1.82) is 0 Å². The summed E-state index contributed by atoms with van der Waals surface area (Å²) in [6, 6.07) is 12.5. The molecule has 1 amide bonds. The number of benzene rings is 2. The molecule has 1 atom stereocenters. The van der Waals surface area contributed by atoms with E-state index in [0.29, 0.717) is 11.3 Å². The minimum atomic E-state index is -4.22. The van der Waals surface area contributed by atoms with Crippen LogP contribution in [-0.2, 0) is 29.1 Å². The average Bonchev–Trinajstić information content (AvgIpc) is 2.71. The number of hydrogen-bond acceptors (Lipinski definition) is 7. The molecule has 2 aromatic carbocycles. The summed E-state index contributed by atoms with van der Waals surface area (Å²) in [4.78, 5) is 37.1. The van der Waals surface area contributed by atoms with E-state index in [4.69, 9.17) is 9.47 Å². The molecule has 0 bridgehead atoms. The average molecular weight is 505 g/mol. The molecule has 0 spiro atoms. The Bertz CT molecular complexity index is 1150. The van der Waals surface area contributed by atoms with Crippen LogP contribution in [0.25, 0.3) is 0 Å². The highest BCUT2D eigenvalue weighted by molar-refractivity contribution is 7.89. The number of carbonyl (C=O) groups is 3. The molecule has 35 heavy (non-hydrogen) atoms. The van der Waals surface area contributed by atoms with Gasteiger partial charge in [0.2, 0.25) is 10.0 Å². The van der Waals surface area contributed by atoms with Gasteiger partial charge in [-0.25, -0.2) is 8.42 Å². The number of ether oxygens (including phenoxy) is 2. The SMILES string of the molecule is CC(C)(C)OC(=O)C[C@@H](NS(=O)(=O)c1ccc(NC(=O)c2ccccc2)cc1)C(=O)OC(C)(C)C. The van der Waals surface area contributed by atoms with E-state index in [-0.39, 0.29) is 10.8 Å². The molecule has 0 aliphatic rings. The number of anilines is 1. The van der Waals surface area contributed by atoms with Gasteiger partial charge in [0.15, 0.2) is 0 Å². The van der Waals surface area contributed by atoms with Gasteiger partial charge in [0.25, 0.3) is 5.91 Å². The zero-order valence-electron chi connectivity index (χ0n) is 20.7. The van der Waals surface area contributed by atoms with Crippen molar-refractivity contribution >= 4 is 33.6 Å². The Hall–Kier alpha value is -3.24. The van der Waals surface area contributed by atoms with Crippen molar-refractivity contribution in [2.24, 2.45) is 0 Å². The fraction of sp³-hybridized carbons (Fsp3) is 0.400. The summed E-state index contributed by atoms with van der Waals surface area (Å²) in [6.45, 7) is 9.88. The highest BCUT2D eigenvalue weighted by atomic mass is 32.2. The molecular weight excluding hydrogens is 472 g/mol. The maximum absolute atomic E-state index is 13.0. The largest absolute Gasteiger partial charge is 0.460 e. The second-order valence-corrected chi connectivity index (χ2v) is 11.6. The fourth-order valence-electron chi connectivity index (χ4n) is 2.86. The maximum atomic E-state index is 13.0. The summed E-state index contributed by atoms with van der Waals surface area (Å²) >= 11 is 0. The molecule has 2 aromatic rings. The van der Waals surface area contributed by atoms with Crippen molar-refractivity contribution in [1.82, 2.24) is 4.72 Å². The molecule has 190 valence electrons. The molecule has 0 aliphatic heterocycles. The Morgan fingerprint density at radius 2 is 1.37 bits per heavy atom. The summed E-state index contributed by atoms with van der Waals surface area (Å²) in [5.74, 6) is -2.00. The fourth-order valence-corrected chi connectivity index (χ4v) is 4.05. The van der Waals surface area contributed by atoms with Gasteiger partial charge >= 0.3 is 11.9 Å². The van der Waals surface area contributed by atoms with E-state index in [1.807, 2.05) is 0 Å². The van der Waals surface area contributed by atoms with Crippen molar-refractivity contribution in [2.45, 2.75) is 70.1 Å². The van der Waals surface area contributed by atoms with Crippen LogP contribution >= 0.6 is 0 Å². The van der Waals surface area contributed by atoms with E-state index in [0.717, 1.165) is 0 Å². The number of rotatable bonds is 8. The summed E-state index contributed by atoms with van der Waals surface area (Å²) in [5.41, 5.74) is -0.870. The van der Waals surface area contributed by atoms with Crippen LogP contribution in [0.3, 0.4) is 0 Å². The summed E-state index contributed by atoms with van der Waals surface area (Å²) in [6.07, 6.45) is -0.545. The van der Waals surface area contributed by atoms with Crippen molar-refractivity contribution in [3.05, 3.63) is 60.2 Å². The van der Waals surface area contributed by atoms with Crippen LogP contribution < -0.4 is 10.0 Å². The molecular formula is C25H32N2O7S. The van der Waals surface area contributed by atoms with Crippen LogP contribution in [0.1, 0.15) is 58.3 Å². The highest BCUT2D eigenvalue weighted by Crippen LogP contribution is 2.18. The van der Waals surface area contributed by atoms with Crippen molar-refractivity contribution in [2.75, 3.05) is 5.32 Å². The van der Waals surface area contributed by atoms with E-state index in [1.54, 1.807) is 71.9 Å². The lowest BCUT2D eigenvalue weighted by molar-refractivity contribution is -0.164. The smallest absolute Gasteiger partial charge is 0.325 e. The minimum absolute atomic E-state index is 0.159. The van der Waals surface area contributed by atoms with Crippen molar-refractivity contribution in [3.8, 4) is 0 Å². The third-order valence-corrected chi connectivity index (χ3v) is 5.73. The molecule has 0 saturated heterocycles. The van der Waals surface area contributed by atoms with Gasteiger partial charge in [-0.2, -0.15) is 4.72 Å². The number of carbonyl (C=O) groups excluding carboxylic acids is 3. The van der Waals surface area contributed by atoms with Gasteiger partial charge < -0.3 is 14.8 Å². The van der Waals surface area contributed by atoms with E-state index in [9.17, 15) is 22.8 Å². The van der Waals surface area contributed by atoms with Gasteiger partial charge in [0.1, 0.15) is 17.2 Å². The minimum Gasteiger partial charge on any atom is -0.460 e. The third kappa shape index (κ3) is 9.50. The lowest BCUT2D eigenvalue weighted by Crippen LogP contribution is -2.46. The molecule has 0 radical (unpaired) electrons. The number of amides is 1. The Labute approximate surface area is 206 Å². The zero-order valence-corrected chi connectivity index (χ0v) is 21.6. The molecule has 2 N–H and O–H groups in total. The Kier molecular flexibility index (Phi) is 8.80. The van der Waals surface area contributed by atoms with Crippen LogP contribution in [0.2, 0.25) is 0 Å². The van der Waals surface area contributed by atoms with Crippen molar-refractivity contribution in [3.63, 3.8) is 0 Å². The number of nitrogens with one attached hydrogen (secondary N) is 2. The second kappa shape index (κ2) is 11.0. The van der Waals surface area contributed by atoms with Gasteiger partial charge in [0.05, 0.1) is 11.3 Å². The second-order valence-electron chi connectivity index (χ2n) is 9.84. The van der Waals surface area contributed by atoms with Gasteiger partial charge in [-0.1, -0.05) is 18.2 Å². The lowest BCUT2D eigenvalue weighted by atomic mass is 10.1. The van der Waals surface area contributed by atoms with Gasteiger partial charge in [-0.3, -0.25) is 14.4 Å². The Morgan fingerprint density at radius 3 is 1.89 bits per heavy atom. The van der Waals surface area contributed by atoms with E-state index in [1.165, 1.54) is 24.3 Å². The Balaban J connectivity index is 2.19. The zero-order chi connectivity index (χ0) is 26.4. The molecule has 9 nitrogen and oxygen atoms in total. The highest BCUT2D eigenvalue weighted by Gasteiger charge is 2.33. The summed E-state index contributed by atoms with van der Waals surface area (Å²) in [7, 11) is -4.22. The van der Waals surface area contributed by atoms with Crippen LogP contribution in [0, 0.1) is 0 Å². The summed E-state index contributed by atoms with van der Waals surface area (Å²) in [5, 5.41) is 2.68. The van der Waals surface area contributed by atoms with E-state index < -0.39 is 45.6 Å². The first kappa shape index (κ1) is 28.0. The molecule has 10 heteroatoms. The molecule has 2 rings (SSSR count). The first-order chi connectivity index (χ1) is 16.1. The standard InChI is InChI=1S/C25H32N2O7S/c1-24(2,3)33-21(28)16-20(23(30)34-25(4,5)6)27-35(31,32)19-14-12-18(13-15-19)26-22(29)17-10-8-7-9-11-17/h7-15,20,27H,16H2,1-6H3,(H,26,29)/t20-/m1/s1. The Morgan fingerprint density at radius 1 is 0.829 bits per heavy atom. The monoisotopic (exact) mass is 504 g/mol. The number of sulfonamides is 1. The van der Waals surface area contributed by atoms with Crippen LogP contribution in [-0.4, -0.2) is 43.5 Å². The van der Waals surface area contributed by atoms with Gasteiger partial charge in [-0.05, 0) is 77.9 Å². The van der Waals surface area contributed by atoms with Crippen LogP contribution in [0.5, 0.6) is 0 Å². The van der Waals surface area contributed by atoms with Crippen molar-refractivity contribution < 1.29 is 32.3 Å². The predicted octanol–water partition coefficient (Wildman–Crippen LogP) is 3.66. The third-order valence-electron chi connectivity index (χ3n) is 4.24. The number of hydrogen-bond donors (Lipinski definition) is 2. The molecule has 0 unspecified atom stereocenters. The first-order valence-electron chi connectivity index (χ1n) is 11.0. The molecule has 0 fully saturated rings. The molecule has 0 aromatic heterocycles. The van der Waals surface area contributed by atoms with Gasteiger partial charge in [0, 0.05) is 11.3 Å². The van der Waals surface area contributed by atoms with Gasteiger partial charge in [-0.15, -0.1) is 0 Å². The normalized spacial score (nSPS) is 13.0. The van der Waals surface area contributed by atoms with Crippen LogP contribution in [0.15, 0.2) is 59.5 Å². The number of esters is 2.